The molecule has 0 fully saturated rings. The van der Waals surface area contributed by atoms with E-state index in [2.05, 4.69) is 24.2 Å². The zero-order chi connectivity index (χ0) is 32.0. The van der Waals surface area contributed by atoms with Crippen molar-refractivity contribution in [3.8, 4) is 0 Å². The fourth-order valence-electron chi connectivity index (χ4n) is 3.82. The Kier molecular flexibility index (Phi) is 35.9. The Morgan fingerprint density at radius 1 is 0.721 bits per heavy atom. The minimum Gasteiger partial charge on any atom is -0.859 e. The second kappa shape index (κ2) is 32.9. The summed E-state index contributed by atoms with van der Waals surface area (Å²) in [4.78, 5) is 15.0. The minimum absolute atomic E-state index is 0. The van der Waals surface area contributed by atoms with Crippen LogP contribution in [-0.4, -0.2) is 100 Å². The van der Waals surface area contributed by atoms with Gasteiger partial charge in [0.1, 0.15) is 0 Å². The summed E-state index contributed by atoms with van der Waals surface area (Å²) in [6, 6.07) is 0. The molecule has 2 N–H and O–H groups in total. The van der Waals surface area contributed by atoms with E-state index >= 15 is 0 Å². The number of nitrogens with zero attached hydrogens (tertiary/aromatic N) is 1. The molecule has 248 valence electrons. The minimum atomic E-state index is -4.20. The number of amides is 1. The number of aliphatic imine (C=N–C) groups is 1. The topological polar surface area (TPSA) is 176 Å². The van der Waals surface area contributed by atoms with Crippen LogP contribution in [0.3, 0.4) is 0 Å². The number of allylic oxidation sites excluding steroid dienone is 2. The number of hydrogen-bond acceptors (Lipinski definition) is 8. The molecular weight excluding hydrogens is 621 g/mol. The van der Waals surface area contributed by atoms with Gasteiger partial charge in [-0.2, -0.15) is 8.42 Å². The molecule has 0 aromatic heterocycles. The maximum atomic E-state index is 11.4. The van der Waals surface area contributed by atoms with E-state index in [0.29, 0.717) is 0 Å². The second-order valence-electron chi connectivity index (χ2n) is 10.4. The average Bonchev–Trinajstić information content (AvgIpc) is 2.91. The van der Waals surface area contributed by atoms with Gasteiger partial charge in [0.2, 0.25) is 5.91 Å². The number of carbonyl (C=O) groups is 1. The van der Waals surface area contributed by atoms with Gasteiger partial charge in [0.05, 0.1) is 15.9 Å². The van der Waals surface area contributed by atoms with Crippen LogP contribution in [0, 0.1) is 0 Å². The molecule has 0 unspecified atom stereocenters. The average molecular weight is 677 g/mol. The Morgan fingerprint density at radius 2 is 1.19 bits per heavy atom. The molecule has 0 atom stereocenters. The van der Waals surface area contributed by atoms with Gasteiger partial charge < -0.3 is 20.0 Å². The van der Waals surface area contributed by atoms with Crippen LogP contribution in [0.5, 0.6) is 0 Å². The predicted molar refractivity (Wildman–Crippen MR) is 175 cm³/mol. The van der Waals surface area contributed by atoms with Crippen molar-refractivity contribution in [2.45, 2.75) is 129 Å². The molecule has 0 radical (unpaired) electrons. The second-order valence-corrected chi connectivity index (χ2v) is 13.5. The standard InChI is InChI=1S/2C15H29NO4S.Ca/c2*1-2-3-4-5-6-7-8-9-10-12-15(17)16-13-11-14-21(18,19)20;/h2*10,12H,2-9,11,13-14H2,1H3,(H,16,17)(H,18,19,20);/q;;+2/p-2/b2*12-10+;. The molecule has 10 nitrogen and oxygen atoms in total. The molecule has 0 aromatic rings. The summed E-state index contributed by atoms with van der Waals surface area (Å²) < 4.78 is 60.4. The van der Waals surface area contributed by atoms with Crippen LogP contribution in [0.15, 0.2) is 29.3 Å². The maximum absolute atomic E-state index is 11.4. The Bertz CT molecular complexity index is 953. The monoisotopic (exact) mass is 676 g/mol. The van der Waals surface area contributed by atoms with Gasteiger partial charge in [-0.3, -0.25) is 9.35 Å². The van der Waals surface area contributed by atoms with Crippen molar-refractivity contribution in [1.29, 1.82) is 0 Å². The zero-order valence-corrected chi connectivity index (χ0v) is 30.5. The molecule has 0 aromatic carbocycles. The summed E-state index contributed by atoms with van der Waals surface area (Å²) in [6.45, 7) is 4.74. The van der Waals surface area contributed by atoms with Crippen LogP contribution < -0.4 is 10.4 Å². The van der Waals surface area contributed by atoms with Crippen molar-refractivity contribution in [3.05, 3.63) is 24.3 Å². The van der Waals surface area contributed by atoms with Crippen LogP contribution >= 0.6 is 0 Å². The van der Waals surface area contributed by atoms with E-state index in [1.54, 1.807) is 0 Å². The van der Waals surface area contributed by atoms with E-state index in [1.165, 1.54) is 89.2 Å². The normalized spacial score (nSPS) is 12.2. The first kappa shape index (κ1) is 46.9. The van der Waals surface area contributed by atoms with Crippen LogP contribution in [0.2, 0.25) is 0 Å². The largest absolute Gasteiger partial charge is 2.00 e. The summed E-state index contributed by atoms with van der Waals surface area (Å²) >= 11 is 0. The molecule has 0 heterocycles. The third kappa shape index (κ3) is 46.0. The molecule has 0 rings (SSSR count). The van der Waals surface area contributed by atoms with Crippen LogP contribution in [0.4, 0.5) is 0 Å². The molecule has 0 aliphatic heterocycles. The fraction of sp³-hybridized carbons (Fsp3) is 0.800. The van der Waals surface area contributed by atoms with Crippen LogP contribution in [-0.2, 0) is 25.0 Å². The van der Waals surface area contributed by atoms with E-state index in [9.17, 15) is 31.3 Å². The SMILES string of the molecule is CCCCCCCCC/C=C/C(=O)NCCCS(=O)(=O)O.CCCCCCCCC/C=C/C([O-])=NCCCS(=O)(=O)[O-].[Ca+2]. The molecule has 0 saturated heterocycles. The molecule has 13 heteroatoms. The Balaban J connectivity index is -0.000000727. The van der Waals surface area contributed by atoms with Crippen molar-refractivity contribution in [2.24, 2.45) is 4.99 Å². The van der Waals surface area contributed by atoms with Crippen molar-refractivity contribution in [2.75, 3.05) is 24.6 Å². The molecule has 0 spiro atoms. The van der Waals surface area contributed by atoms with Gasteiger partial charge in [-0.15, -0.1) is 0 Å². The van der Waals surface area contributed by atoms with E-state index in [0.717, 1.165) is 25.7 Å². The number of nitrogens with one attached hydrogen (secondary N) is 1. The van der Waals surface area contributed by atoms with Crippen LogP contribution in [0.25, 0.3) is 0 Å². The Morgan fingerprint density at radius 3 is 1.65 bits per heavy atom. The summed E-state index contributed by atoms with van der Waals surface area (Å²) in [6.07, 6.45) is 26.1. The Labute approximate surface area is 292 Å². The van der Waals surface area contributed by atoms with Gasteiger partial charge in [-0.1, -0.05) is 109 Å². The Hall–Kier alpha value is -0.500. The number of unbranched alkanes of at least 4 members (excludes halogenated alkanes) is 14. The smallest absolute Gasteiger partial charge is 0.859 e. The summed E-state index contributed by atoms with van der Waals surface area (Å²) in [5, 5.41) is 13.9. The first-order valence-corrected chi connectivity index (χ1v) is 18.8. The molecular formula is C30H56CaN2O8S2. The summed E-state index contributed by atoms with van der Waals surface area (Å²) in [5.41, 5.74) is 0. The number of hydrogen-bond donors (Lipinski definition) is 2. The molecule has 0 bridgehead atoms. The van der Waals surface area contributed by atoms with Crippen LogP contribution in [0.1, 0.15) is 129 Å². The maximum Gasteiger partial charge on any atom is 2.00 e. The molecule has 0 saturated carbocycles. The number of carbonyl (C=O) groups excluding carboxylic acids is 1. The van der Waals surface area contributed by atoms with E-state index in [4.69, 9.17) is 4.55 Å². The van der Waals surface area contributed by atoms with Gasteiger partial charge in [0, 0.05) is 18.8 Å². The summed E-state index contributed by atoms with van der Waals surface area (Å²) in [5.74, 6) is -1.37. The zero-order valence-electron chi connectivity index (χ0n) is 26.6. The molecule has 0 aliphatic rings. The van der Waals surface area contributed by atoms with Gasteiger partial charge in [0.25, 0.3) is 10.1 Å². The third-order valence-electron chi connectivity index (χ3n) is 6.18. The fourth-order valence-corrected chi connectivity index (χ4v) is 4.81. The van der Waals surface area contributed by atoms with Crippen molar-refractivity contribution < 1.29 is 35.8 Å². The quantitative estimate of drug-likeness (QED) is 0.0319. The van der Waals surface area contributed by atoms with E-state index in [1.807, 2.05) is 12.2 Å². The van der Waals surface area contributed by atoms with Crippen molar-refractivity contribution >= 4 is 69.8 Å². The van der Waals surface area contributed by atoms with Gasteiger partial charge in [-0.05, 0) is 50.5 Å². The molecule has 0 aliphatic carbocycles. The predicted octanol–water partition coefficient (Wildman–Crippen LogP) is 5.07. The first-order valence-electron chi connectivity index (χ1n) is 15.6. The molecule has 1 amide bonds. The molecule has 43 heavy (non-hydrogen) atoms. The summed E-state index contributed by atoms with van der Waals surface area (Å²) in [7, 11) is -8.12. The van der Waals surface area contributed by atoms with Gasteiger partial charge in [-0.25, -0.2) is 8.42 Å². The van der Waals surface area contributed by atoms with Gasteiger partial charge >= 0.3 is 37.7 Å². The van der Waals surface area contributed by atoms with E-state index < -0.39 is 26.0 Å². The van der Waals surface area contributed by atoms with E-state index in [-0.39, 0.29) is 81.2 Å². The van der Waals surface area contributed by atoms with Crippen molar-refractivity contribution in [3.63, 3.8) is 0 Å². The number of rotatable bonds is 26. The van der Waals surface area contributed by atoms with Crippen molar-refractivity contribution in [1.82, 2.24) is 5.32 Å². The third-order valence-corrected chi connectivity index (χ3v) is 7.77. The first-order chi connectivity index (χ1) is 19.9. The van der Waals surface area contributed by atoms with Gasteiger partial charge in [0.15, 0.2) is 0 Å².